The molecule has 2 aliphatic rings. The van der Waals surface area contributed by atoms with Crippen LogP contribution in [-0.2, 0) is 0 Å². The fourth-order valence-corrected chi connectivity index (χ4v) is 3.99. The van der Waals surface area contributed by atoms with Gasteiger partial charge in [0.1, 0.15) is 0 Å². The number of fused-ring (bicyclic) bond motifs is 2. The molecule has 170 valence electrons. The second-order valence-electron chi connectivity index (χ2n) is 8.38. The molecule has 0 radical (unpaired) electrons. The summed E-state index contributed by atoms with van der Waals surface area (Å²) in [6.45, 7) is 5.95. The maximum absolute atomic E-state index is 14.2. The van der Waals surface area contributed by atoms with Crippen LogP contribution in [0, 0.1) is 18.6 Å². The van der Waals surface area contributed by atoms with E-state index in [0.29, 0.717) is 11.4 Å². The number of hydrogen-bond donors (Lipinski definition) is 1. The third-order valence-corrected chi connectivity index (χ3v) is 5.53. The molecule has 0 saturated carbocycles. The van der Waals surface area contributed by atoms with E-state index in [0.717, 1.165) is 45.2 Å². The number of pyridine rings is 1. The minimum Gasteiger partial charge on any atom is -0.352 e. The van der Waals surface area contributed by atoms with E-state index < -0.39 is 11.6 Å². The van der Waals surface area contributed by atoms with Crippen LogP contribution in [0.25, 0.3) is 28.1 Å². The topological polar surface area (TPSA) is 55.1 Å². The fraction of sp³-hybridized carbons (Fsp3) is 0.148. The molecule has 1 aliphatic carbocycles. The second-order valence-corrected chi connectivity index (χ2v) is 8.38. The smallest absolute Gasteiger partial charge is 0.160 e. The van der Waals surface area contributed by atoms with Crippen molar-refractivity contribution in [3.05, 3.63) is 95.6 Å². The van der Waals surface area contributed by atoms with E-state index in [1.165, 1.54) is 6.07 Å². The van der Waals surface area contributed by atoms with E-state index in [1.54, 1.807) is 12.3 Å². The van der Waals surface area contributed by atoms with E-state index in [4.69, 9.17) is 9.98 Å². The van der Waals surface area contributed by atoms with Gasteiger partial charge in [-0.05, 0) is 69.3 Å². The lowest BCUT2D eigenvalue weighted by atomic mass is 10.1. The summed E-state index contributed by atoms with van der Waals surface area (Å²) in [5.41, 5.74) is 5.96. The highest BCUT2D eigenvalue weighted by Gasteiger charge is 2.18. The Morgan fingerprint density at radius 1 is 0.912 bits per heavy atom. The lowest BCUT2D eigenvalue weighted by Gasteiger charge is -2.20. The Balaban J connectivity index is 1.84. The van der Waals surface area contributed by atoms with Crippen LogP contribution in [0.3, 0.4) is 0 Å². The summed E-state index contributed by atoms with van der Waals surface area (Å²) in [4.78, 5) is 14.0. The first kappa shape index (κ1) is 21.7. The van der Waals surface area contributed by atoms with E-state index in [1.807, 2.05) is 73.9 Å². The summed E-state index contributed by atoms with van der Waals surface area (Å²) >= 11 is 0. The van der Waals surface area contributed by atoms with Gasteiger partial charge in [0.05, 0.1) is 44.8 Å². The lowest BCUT2D eigenvalue weighted by molar-refractivity contribution is 0.508. The zero-order chi connectivity index (χ0) is 23.8. The molecule has 1 N–H and O–H groups in total. The van der Waals surface area contributed by atoms with Crippen molar-refractivity contribution in [2.45, 2.75) is 26.8 Å². The highest BCUT2D eigenvalue weighted by molar-refractivity contribution is 5.84. The number of aromatic nitrogens is 3. The second kappa shape index (κ2) is 8.67. The lowest BCUT2D eigenvalue weighted by Crippen LogP contribution is -2.17. The monoisotopic (exact) mass is 455 g/mol. The van der Waals surface area contributed by atoms with Crippen LogP contribution in [0.15, 0.2) is 77.9 Å². The zero-order valence-corrected chi connectivity index (χ0v) is 19.1. The number of nitrogens with one attached hydrogen (secondary N) is 1. The van der Waals surface area contributed by atoms with Gasteiger partial charge >= 0.3 is 0 Å². The molecule has 1 aliphatic heterocycles. The summed E-state index contributed by atoms with van der Waals surface area (Å²) in [6, 6.07) is 19.3. The van der Waals surface area contributed by atoms with Gasteiger partial charge in [-0.2, -0.15) is 0 Å². The molecule has 5 rings (SSSR count). The van der Waals surface area contributed by atoms with Crippen molar-refractivity contribution in [1.82, 2.24) is 14.5 Å². The maximum atomic E-state index is 14.2. The molecule has 0 fully saturated rings. The molecule has 0 unspecified atom stereocenters. The number of aryl methyl sites for hydroxylation is 1. The van der Waals surface area contributed by atoms with Crippen LogP contribution in [0.1, 0.15) is 19.5 Å². The molecule has 0 amide bonds. The van der Waals surface area contributed by atoms with Crippen molar-refractivity contribution in [3.8, 4) is 17.1 Å². The minimum absolute atomic E-state index is 0.0399. The van der Waals surface area contributed by atoms with Gasteiger partial charge in [-0.25, -0.2) is 13.8 Å². The molecule has 0 saturated heterocycles. The largest absolute Gasteiger partial charge is 0.352 e. The number of hydrogen-bond acceptors (Lipinski definition) is 4. The number of para-hydroxylation sites is 2. The summed E-state index contributed by atoms with van der Waals surface area (Å²) in [6.07, 6.45) is 1.75. The first-order valence-corrected chi connectivity index (χ1v) is 11.0. The van der Waals surface area contributed by atoms with Gasteiger partial charge in [-0.15, -0.1) is 0 Å². The van der Waals surface area contributed by atoms with Crippen molar-refractivity contribution in [3.63, 3.8) is 0 Å². The molecule has 1 aromatic heterocycles. The Kier molecular flexibility index (Phi) is 5.53. The maximum Gasteiger partial charge on any atom is 0.160 e. The number of nitrogens with zero attached hydrogens (tertiary/aromatic N) is 4. The predicted octanol–water partition coefficient (Wildman–Crippen LogP) is 6.16. The van der Waals surface area contributed by atoms with Gasteiger partial charge in [0.2, 0.25) is 0 Å². The minimum atomic E-state index is -0.906. The third kappa shape index (κ3) is 4.01. The number of benzene rings is 3. The van der Waals surface area contributed by atoms with Crippen LogP contribution in [-0.4, -0.2) is 20.6 Å². The SMILES string of the molecule is Cc1ncccc1Nc1cc2nc3ccccc3n(-c3ccc(F)c(F)c3)c-2c/c1=N\C(C)C. The Morgan fingerprint density at radius 3 is 2.50 bits per heavy atom. The summed E-state index contributed by atoms with van der Waals surface area (Å²) in [5, 5.41) is 4.18. The van der Waals surface area contributed by atoms with Crippen LogP contribution in [0.4, 0.5) is 20.2 Å². The Hall–Kier alpha value is -4.13. The highest BCUT2D eigenvalue weighted by atomic mass is 19.2. The standard InChI is InChI=1S/C27H23F2N5/c1-16(2)31-24-15-27-25(14-23(24)32-21-8-6-12-30-17(21)3)33-22-7-4-5-9-26(22)34(27)18-10-11-19(28)20(29)13-18/h4-16,32H,1-3H3/b31-24+. The molecule has 2 heterocycles. The molecule has 0 bridgehead atoms. The van der Waals surface area contributed by atoms with E-state index >= 15 is 0 Å². The Labute approximate surface area is 195 Å². The normalized spacial score (nSPS) is 12.1. The zero-order valence-electron chi connectivity index (χ0n) is 19.1. The molecular weight excluding hydrogens is 432 g/mol. The predicted molar refractivity (Wildman–Crippen MR) is 131 cm³/mol. The average molecular weight is 456 g/mol. The quantitative estimate of drug-likeness (QED) is 0.330. The van der Waals surface area contributed by atoms with Gasteiger partial charge in [0.15, 0.2) is 11.6 Å². The average Bonchev–Trinajstić information content (AvgIpc) is 2.81. The number of halogens is 2. The molecule has 2 aromatic carbocycles. The van der Waals surface area contributed by atoms with Crippen molar-refractivity contribution in [2.75, 3.05) is 5.32 Å². The third-order valence-electron chi connectivity index (χ3n) is 5.53. The highest BCUT2D eigenvalue weighted by Crippen LogP contribution is 2.31. The molecule has 3 aromatic rings. The summed E-state index contributed by atoms with van der Waals surface area (Å²) in [7, 11) is 0. The van der Waals surface area contributed by atoms with E-state index in [-0.39, 0.29) is 6.04 Å². The summed E-state index contributed by atoms with van der Waals surface area (Å²) < 4.78 is 29.8. The van der Waals surface area contributed by atoms with Crippen LogP contribution < -0.4 is 10.7 Å². The first-order chi connectivity index (χ1) is 16.4. The van der Waals surface area contributed by atoms with Gasteiger partial charge in [-0.1, -0.05) is 12.1 Å². The molecular formula is C27H23F2N5. The van der Waals surface area contributed by atoms with Gasteiger partial charge < -0.3 is 9.88 Å². The van der Waals surface area contributed by atoms with Crippen molar-refractivity contribution in [1.29, 1.82) is 0 Å². The van der Waals surface area contributed by atoms with Crippen molar-refractivity contribution >= 4 is 22.4 Å². The molecule has 7 heteroatoms. The Morgan fingerprint density at radius 2 is 1.74 bits per heavy atom. The molecule has 5 nitrogen and oxygen atoms in total. The van der Waals surface area contributed by atoms with Crippen LogP contribution >= 0.6 is 0 Å². The summed E-state index contributed by atoms with van der Waals surface area (Å²) in [5.74, 6) is -1.79. The van der Waals surface area contributed by atoms with Crippen molar-refractivity contribution in [2.24, 2.45) is 4.99 Å². The molecule has 0 spiro atoms. The number of rotatable bonds is 4. The molecule has 34 heavy (non-hydrogen) atoms. The first-order valence-electron chi connectivity index (χ1n) is 11.0. The van der Waals surface area contributed by atoms with Crippen LogP contribution in [0.5, 0.6) is 0 Å². The van der Waals surface area contributed by atoms with Crippen molar-refractivity contribution < 1.29 is 8.78 Å². The van der Waals surface area contributed by atoms with Crippen LogP contribution in [0.2, 0.25) is 0 Å². The number of anilines is 2. The van der Waals surface area contributed by atoms with Gasteiger partial charge in [-0.3, -0.25) is 9.98 Å². The van der Waals surface area contributed by atoms with E-state index in [9.17, 15) is 8.78 Å². The molecule has 0 atom stereocenters. The van der Waals surface area contributed by atoms with Gasteiger partial charge in [0.25, 0.3) is 0 Å². The Bertz CT molecular complexity index is 1560. The van der Waals surface area contributed by atoms with Gasteiger partial charge in [0, 0.05) is 24.0 Å². The van der Waals surface area contributed by atoms with E-state index in [2.05, 4.69) is 10.3 Å². The fourth-order valence-electron chi connectivity index (χ4n) is 3.99.